The topological polar surface area (TPSA) is 111 Å². The van der Waals surface area contributed by atoms with Gasteiger partial charge in [0.1, 0.15) is 25.1 Å². The first-order valence-corrected chi connectivity index (χ1v) is 9.89. The number of fused-ring (bicyclic) bond motifs is 1. The fourth-order valence-corrected chi connectivity index (χ4v) is 4.00. The van der Waals surface area contributed by atoms with Crippen LogP contribution in [0.2, 0.25) is 5.02 Å². The molecule has 0 saturated carbocycles. The summed E-state index contributed by atoms with van der Waals surface area (Å²) in [5.41, 5.74) is 0.701. The molecule has 31 heavy (non-hydrogen) atoms. The number of nitrogens with one attached hydrogen (secondary N) is 1. The molecule has 1 fully saturated rings. The maximum absolute atomic E-state index is 13.3. The third kappa shape index (κ3) is 3.25. The van der Waals surface area contributed by atoms with E-state index in [1.807, 2.05) is 0 Å². The lowest BCUT2D eigenvalue weighted by atomic mass is 9.91. The Balaban J connectivity index is 1.44. The van der Waals surface area contributed by atoms with E-state index < -0.39 is 11.6 Å². The van der Waals surface area contributed by atoms with Crippen LogP contribution in [-0.2, 0) is 16.9 Å². The van der Waals surface area contributed by atoms with E-state index in [9.17, 15) is 9.59 Å². The van der Waals surface area contributed by atoms with E-state index in [1.54, 1.807) is 43.3 Å². The van der Waals surface area contributed by atoms with Crippen LogP contribution in [0.15, 0.2) is 42.7 Å². The normalized spacial score (nSPS) is 20.1. The van der Waals surface area contributed by atoms with Crippen molar-refractivity contribution in [2.75, 3.05) is 13.2 Å². The minimum absolute atomic E-state index is 0.0449. The SMILES string of the molecule is C[C@@]1(c2cccc(-n3cnnn3)c2)NC(=O)N(Cc2cc(Cl)c3c(c2)OCCO3)C1=O. The lowest BCUT2D eigenvalue weighted by molar-refractivity contribution is -0.131. The smallest absolute Gasteiger partial charge is 0.325 e. The summed E-state index contributed by atoms with van der Waals surface area (Å²) in [7, 11) is 0. The molecule has 0 spiro atoms. The Morgan fingerprint density at radius 3 is 2.84 bits per heavy atom. The molecular formula is C20H17ClN6O4. The number of amides is 3. The Morgan fingerprint density at radius 2 is 2.03 bits per heavy atom. The van der Waals surface area contributed by atoms with E-state index in [0.29, 0.717) is 46.5 Å². The van der Waals surface area contributed by atoms with Gasteiger partial charge in [-0.25, -0.2) is 9.48 Å². The zero-order chi connectivity index (χ0) is 21.6. The van der Waals surface area contributed by atoms with Gasteiger partial charge in [-0.15, -0.1) is 5.10 Å². The largest absolute Gasteiger partial charge is 0.486 e. The molecule has 3 amide bonds. The highest BCUT2D eigenvalue weighted by Crippen LogP contribution is 2.39. The molecule has 2 aliphatic rings. The van der Waals surface area contributed by atoms with Crippen molar-refractivity contribution in [2.24, 2.45) is 0 Å². The molecule has 3 aromatic rings. The molecule has 158 valence electrons. The van der Waals surface area contributed by atoms with E-state index in [4.69, 9.17) is 21.1 Å². The standard InChI is InChI=1S/C20H17ClN6O4/c1-20(13-3-2-4-14(9-13)27-11-22-24-25-27)18(28)26(19(29)23-20)10-12-7-15(21)17-16(8-12)30-5-6-31-17/h2-4,7-9,11H,5-6,10H2,1H3,(H,23,29)/t20-/m0/s1. The summed E-state index contributed by atoms with van der Waals surface area (Å²) >= 11 is 6.30. The highest BCUT2D eigenvalue weighted by Gasteiger charge is 2.49. The number of halogens is 1. The van der Waals surface area contributed by atoms with Gasteiger partial charge in [0.05, 0.1) is 17.3 Å². The van der Waals surface area contributed by atoms with Crippen LogP contribution in [0, 0.1) is 0 Å². The Hall–Kier alpha value is -3.66. The Labute approximate surface area is 181 Å². The lowest BCUT2D eigenvalue weighted by Gasteiger charge is -2.23. The van der Waals surface area contributed by atoms with Crippen LogP contribution >= 0.6 is 11.6 Å². The molecule has 0 unspecified atom stereocenters. The predicted molar refractivity (Wildman–Crippen MR) is 108 cm³/mol. The lowest BCUT2D eigenvalue weighted by Crippen LogP contribution is -2.40. The van der Waals surface area contributed by atoms with Gasteiger partial charge in [-0.1, -0.05) is 23.7 Å². The minimum Gasteiger partial charge on any atom is -0.486 e. The molecule has 10 nitrogen and oxygen atoms in total. The second kappa shape index (κ2) is 7.24. The van der Waals surface area contributed by atoms with Gasteiger partial charge in [0, 0.05) is 0 Å². The number of hydrogen-bond acceptors (Lipinski definition) is 7. The minimum atomic E-state index is -1.24. The number of benzene rings is 2. The van der Waals surface area contributed by atoms with Crippen molar-refractivity contribution < 1.29 is 19.1 Å². The first kappa shape index (κ1) is 19.3. The molecule has 1 N–H and O–H groups in total. The predicted octanol–water partition coefficient (Wildman–Crippen LogP) is 2.05. The second-order valence-electron chi connectivity index (χ2n) is 7.35. The first-order valence-electron chi connectivity index (χ1n) is 9.52. The van der Waals surface area contributed by atoms with E-state index in [-0.39, 0.29) is 12.5 Å². The van der Waals surface area contributed by atoms with Crippen LogP contribution in [0.5, 0.6) is 11.5 Å². The Bertz CT molecular complexity index is 1180. The molecule has 3 heterocycles. The van der Waals surface area contributed by atoms with Crippen molar-refractivity contribution >= 4 is 23.5 Å². The maximum atomic E-state index is 13.3. The molecule has 0 radical (unpaired) electrons. The van der Waals surface area contributed by atoms with Crippen molar-refractivity contribution in [1.29, 1.82) is 0 Å². The van der Waals surface area contributed by atoms with Gasteiger partial charge >= 0.3 is 6.03 Å². The van der Waals surface area contributed by atoms with E-state index in [1.165, 1.54) is 11.0 Å². The van der Waals surface area contributed by atoms with Crippen molar-refractivity contribution in [3.05, 3.63) is 58.9 Å². The summed E-state index contributed by atoms with van der Waals surface area (Å²) in [6.07, 6.45) is 1.45. The number of tetrazole rings is 1. The summed E-state index contributed by atoms with van der Waals surface area (Å²) in [6, 6.07) is 10.0. The maximum Gasteiger partial charge on any atom is 0.325 e. The first-order chi connectivity index (χ1) is 15.0. The molecule has 2 aromatic carbocycles. The van der Waals surface area contributed by atoms with E-state index in [0.717, 1.165) is 4.90 Å². The highest BCUT2D eigenvalue weighted by molar-refractivity contribution is 6.32. The number of carbonyl (C=O) groups is 2. The molecule has 2 aliphatic heterocycles. The molecule has 1 atom stereocenters. The average molecular weight is 441 g/mol. The molecule has 0 bridgehead atoms. The summed E-state index contributed by atoms with van der Waals surface area (Å²) in [4.78, 5) is 27.2. The molecule has 1 saturated heterocycles. The van der Waals surface area contributed by atoms with Gasteiger partial charge in [-0.2, -0.15) is 0 Å². The molecule has 5 rings (SSSR count). The Kier molecular flexibility index (Phi) is 4.51. The van der Waals surface area contributed by atoms with Crippen LogP contribution in [-0.4, -0.2) is 50.3 Å². The summed E-state index contributed by atoms with van der Waals surface area (Å²) in [6.45, 7) is 2.54. The van der Waals surface area contributed by atoms with Gasteiger partial charge in [0.15, 0.2) is 11.5 Å². The van der Waals surface area contributed by atoms with E-state index in [2.05, 4.69) is 20.8 Å². The van der Waals surface area contributed by atoms with Crippen molar-refractivity contribution in [3.63, 3.8) is 0 Å². The number of urea groups is 1. The number of nitrogens with zero attached hydrogens (tertiary/aromatic N) is 5. The van der Waals surface area contributed by atoms with Crippen molar-refractivity contribution in [2.45, 2.75) is 19.0 Å². The van der Waals surface area contributed by atoms with Gasteiger partial charge in [-0.05, 0) is 52.7 Å². The fraction of sp³-hybridized carbons (Fsp3) is 0.250. The van der Waals surface area contributed by atoms with Crippen LogP contribution in [0.25, 0.3) is 5.69 Å². The third-order valence-electron chi connectivity index (χ3n) is 5.31. The van der Waals surface area contributed by atoms with Crippen LogP contribution in [0.3, 0.4) is 0 Å². The fourth-order valence-electron chi connectivity index (χ4n) is 3.71. The number of ether oxygens (including phenoxy) is 2. The molecule has 0 aliphatic carbocycles. The third-order valence-corrected chi connectivity index (χ3v) is 5.59. The molecular weight excluding hydrogens is 424 g/mol. The van der Waals surface area contributed by atoms with E-state index >= 15 is 0 Å². The summed E-state index contributed by atoms with van der Waals surface area (Å²) in [5.74, 6) is 0.591. The van der Waals surface area contributed by atoms with Crippen molar-refractivity contribution in [3.8, 4) is 17.2 Å². The van der Waals surface area contributed by atoms with Crippen LogP contribution in [0.1, 0.15) is 18.1 Å². The molecule has 1 aromatic heterocycles. The zero-order valence-corrected chi connectivity index (χ0v) is 17.2. The van der Waals surface area contributed by atoms with Crippen LogP contribution in [0.4, 0.5) is 4.79 Å². The highest BCUT2D eigenvalue weighted by atomic mass is 35.5. The summed E-state index contributed by atoms with van der Waals surface area (Å²) < 4.78 is 12.6. The second-order valence-corrected chi connectivity index (χ2v) is 7.76. The van der Waals surface area contributed by atoms with Gasteiger partial charge < -0.3 is 14.8 Å². The quantitative estimate of drug-likeness (QED) is 0.618. The number of aromatic nitrogens is 4. The number of carbonyl (C=O) groups excluding carboxylic acids is 2. The van der Waals surface area contributed by atoms with Gasteiger partial charge in [-0.3, -0.25) is 9.69 Å². The number of imide groups is 1. The monoisotopic (exact) mass is 440 g/mol. The number of rotatable bonds is 4. The van der Waals surface area contributed by atoms with Crippen LogP contribution < -0.4 is 14.8 Å². The Morgan fingerprint density at radius 1 is 1.19 bits per heavy atom. The summed E-state index contributed by atoms with van der Waals surface area (Å²) in [5, 5.41) is 14.3. The van der Waals surface area contributed by atoms with Crippen molar-refractivity contribution in [1.82, 2.24) is 30.4 Å². The van der Waals surface area contributed by atoms with Gasteiger partial charge in [0.25, 0.3) is 5.91 Å². The number of hydrogen-bond donors (Lipinski definition) is 1. The zero-order valence-electron chi connectivity index (χ0n) is 16.4. The average Bonchev–Trinajstić information content (AvgIpc) is 3.38. The molecule has 11 heteroatoms. The van der Waals surface area contributed by atoms with Gasteiger partial charge in [0.2, 0.25) is 0 Å².